The lowest BCUT2D eigenvalue weighted by atomic mass is 9.98. The molecule has 1 aliphatic heterocycles. The molecule has 5 rings (SSSR count). The minimum atomic E-state index is -0.324. The third-order valence-corrected chi connectivity index (χ3v) is 6.96. The van der Waals surface area contributed by atoms with Crippen LogP contribution < -0.4 is 5.73 Å². The van der Waals surface area contributed by atoms with Gasteiger partial charge in [0.2, 0.25) is 0 Å². The normalized spacial score (nSPS) is 14.4. The standard InChI is InChI=1S/C29H29FN4O/c30-18-20-12-14-33(15-13-20)29(35)27-16-24-10-11-25(28(31)32)17-26(24)34(27)19-21-6-8-23(9-7-21)22-4-2-1-3-5-22/h1-11,16-17,20H,12-15,18-19H2,(H3,31,32). The number of carbonyl (C=O) groups is 1. The van der Waals surface area contributed by atoms with Crippen LogP contribution in [-0.4, -0.2) is 41.0 Å². The Balaban J connectivity index is 1.50. The van der Waals surface area contributed by atoms with Crippen molar-refractivity contribution in [2.24, 2.45) is 11.7 Å². The van der Waals surface area contributed by atoms with Crippen molar-refractivity contribution in [2.75, 3.05) is 19.8 Å². The van der Waals surface area contributed by atoms with Gasteiger partial charge in [0, 0.05) is 36.1 Å². The highest BCUT2D eigenvalue weighted by atomic mass is 19.1. The third-order valence-electron chi connectivity index (χ3n) is 6.96. The Hall–Kier alpha value is -3.93. The third kappa shape index (κ3) is 4.69. The van der Waals surface area contributed by atoms with Gasteiger partial charge in [-0.05, 0) is 47.6 Å². The van der Waals surface area contributed by atoms with Crippen LogP contribution in [-0.2, 0) is 6.54 Å². The van der Waals surface area contributed by atoms with Gasteiger partial charge in [0.15, 0.2) is 0 Å². The minimum absolute atomic E-state index is 0.00645. The van der Waals surface area contributed by atoms with E-state index in [4.69, 9.17) is 11.1 Å². The highest BCUT2D eigenvalue weighted by molar-refractivity contribution is 6.02. The molecule has 3 aromatic carbocycles. The van der Waals surface area contributed by atoms with Crippen LogP contribution in [0.15, 0.2) is 78.9 Å². The second kappa shape index (κ2) is 9.74. The van der Waals surface area contributed by atoms with Gasteiger partial charge in [-0.3, -0.25) is 14.6 Å². The number of hydrogen-bond donors (Lipinski definition) is 2. The molecule has 0 atom stereocenters. The molecule has 0 saturated carbocycles. The van der Waals surface area contributed by atoms with Crippen LogP contribution in [0.2, 0.25) is 0 Å². The number of rotatable bonds is 6. The van der Waals surface area contributed by atoms with Crippen molar-refractivity contribution >= 4 is 22.6 Å². The van der Waals surface area contributed by atoms with Crippen LogP contribution in [0, 0.1) is 11.3 Å². The maximum Gasteiger partial charge on any atom is 0.270 e. The number of amides is 1. The van der Waals surface area contributed by atoms with E-state index in [1.807, 2.05) is 51.9 Å². The minimum Gasteiger partial charge on any atom is -0.384 e. The van der Waals surface area contributed by atoms with Gasteiger partial charge in [-0.15, -0.1) is 0 Å². The molecule has 0 bridgehead atoms. The summed E-state index contributed by atoms with van der Waals surface area (Å²) in [4.78, 5) is 15.4. The predicted octanol–water partition coefficient (Wildman–Crippen LogP) is 5.46. The van der Waals surface area contributed by atoms with E-state index in [-0.39, 0.29) is 24.3 Å². The summed E-state index contributed by atoms with van der Waals surface area (Å²) in [5.74, 6) is 0.00276. The van der Waals surface area contributed by atoms with Crippen LogP contribution in [0.1, 0.15) is 34.5 Å². The van der Waals surface area contributed by atoms with Crippen molar-refractivity contribution in [2.45, 2.75) is 19.4 Å². The Labute approximate surface area is 204 Å². The van der Waals surface area contributed by atoms with E-state index in [1.165, 1.54) is 0 Å². The van der Waals surface area contributed by atoms with Crippen LogP contribution in [0.25, 0.3) is 22.0 Å². The van der Waals surface area contributed by atoms with Crippen LogP contribution >= 0.6 is 0 Å². The van der Waals surface area contributed by atoms with Gasteiger partial charge in [-0.1, -0.05) is 66.7 Å². The first-order valence-electron chi connectivity index (χ1n) is 12.0. The van der Waals surface area contributed by atoms with Gasteiger partial charge in [0.25, 0.3) is 5.91 Å². The van der Waals surface area contributed by atoms with Gasteiger partial charge in [0.05, 0.1) is 6.67 Å². The average Bonchev–Trinajstić information content (AvgIpc) is 3.26. The number of alkyl halides is 1. The van der Waals surface area contributed by atoms with Gasteiger partial charge in [-0.2, -0.15) is 0 Å². The van der Waals surface area contributed by atoms with E-state index in [0.717, 1.165) is 27.6 Å². The molecule has 1 fully saturated rings. The Morgan fingerprint density at radius 3 is 2.29 bits per heavy atom. The predicted molar refractivity (Wildman–Crippen MR) is 139 cm³/mol. The lowest BCUT2D eigenvalue weighted by Crippen LogP contribution is -2.39. The van der Waals surface area contributed by atoms with Crippen LogP contribution in [0.5, 0.6) is 0 Å². The smallest absolute Gasteiger partial charge is 0.270 e. The number of nitrogen functional groups attached to an aromatic ring is 1. The second-order valence-electron chi connectivity index (χ2n) is 9.26. The highest BCUT2D eigenvalue weighted by Gasteiger charge is 2.26. The second-order valence-corrected chi connectivity index (χ2v) is 9.26. The van der Waals surface area contributed by atoms with E-state index in [1.54, 1.807) is 0 Å². The SMILES string of the molecule is N=C(N)c1ccc2cc(C(=O)N3CCC(CF)CC3)n(Cc3ccc(-c4ccccc4)cc3)c2c1. The number of piperidine rings is 1. The monoisotopic (exact) mass is 468 g/mol. The van der Waals surface area contributed by atoms with Crippen LogP contribution in [0.4, 0.5) is 4.39 Å². The molecule has 0 spiro atoms. The molecule has 0 aliphatic carbocycles. The van der Waals surface area contributed by atoms with Gasteiger partial charge >= 0.3 is 0 Å². The van der Waals surface area contributed by atoms with E-state index >= 15 is 0 Å². The molecule has 3 N–H and O–H groups in total. The number of halogens is 1. The summed E-state index contributed by atoms with van der Waals surface area (Å²) in [6, 6.07) is 26.1. The first-order chi connectivity index (χ1) is 17.0. The van der Waals surface area contributed by atoms with Crippen molar-refractivity contribution in [1.82, 2.24) is 9.47 Å². The van der Waals surface area contributed by atoms with Crippen LogP contribution in [0.3, 0.4) is 0 Å². The molecule has 1 aromatic heterocycles. The summed E-state index contributed by atoms with van der Waals surface area (Å²) in [6.45, 7) is 1.33. The number of hydrogen-bond acceptors (Lipinski definition) is 2. The summed E-state index contributed by atoms with van der Waals surface area (Å²) in [5, 5.41) is 8.79. The number of amidine groups is 1. The van der Waals surface area contributed by atoms with E-state index in [2.05, 4.69) is 36.4 Å². The lowest BCUT2D eigenvalue weighted by molar-refractivity contribution is 0.0668. The molecule has 1 aliphatic rings. The molecular weight excluding hydrogens is 439 g/mol. The zero-order valence-electron chi connectivity index (χ0n) is 19.6. The molecule has 1 amide bonds. The summed E-state index contributed by atoms with van der Waals surface area (Å²) >= 11 is 0. The fourth-order valence-electron chi connectivity index (χ4n) is 4.84. The molecule has 6 heteroatoms. The summed E-state index contributed by atoms with van der Waals surface area (Å²) in [6.07, 6.45) is 1.38. The molecule has 0 radical (unpaired) electrons. The zero-order valence-corrected chi connectivity index (χ0v) is 19.6. The fourth-order valence-corrected chi connectivity index (χ4v) is 4.84. The zero-order chi connectivity index (χ0) is 24.4. The number of fused-ring (bicyclic) bond motifs is 1. The summed E-state index contributed by atoms with van der Waals surface area (Å²) < 4.78 is 15.1. The quantitative estimate of drug-likeness (QED) is 0.291. The Bertz CT molecular complexity index is 1350. The van der Waals surface area contributed by atoms with Gasteiger partial charge in [0.1, 0.15) is 11.5 Å². The first kappa shape index (κ1) is 22.8. The Morgan fingerprint density at radius 2 is 1.63 bits per heavy atom. The summed E-state index contributed by atoms with van der Waals surface area (Å²) in [7, 11) is 0. The van der Waals surface area contributed by atoms with Crippen molar-refractivity contribution in [3.63, 3.8) is 0 Å². The Kier molecular flexibility index (Phi) is 6.36. The molecule has 4 aromatic rings. The average molecular weight is 469 g/mol. The number of nitrogens with one attached hydrogen (secondary N) is 1. The van der Waals surface area contributed by atoms with E-state index in [9.17, 15) is 9.18 Å². The maximum atomic E-state index is 13.6. The number of aromatic nitrogens is 1. The summed E-state index contributed by atoms with van der Waals surface area (Å²) in [5.41, 5.74) is 11.2. The largest absolute Gasteiger partial charge is 0.384 e. The first-order valence-corrected chi connectivity index (χ1v) is 12.0. The topological polar surface area (TPSA) is 75.1 Å². The Morgan fingerprint density at radius 1 is 0.943 bits per heavy atom. The number of benzene rings is 3. The van der Waals surface area contributed by atoms with Gasteiger partial charge < -0.3 is 15.2 Å². The molecular formula is C29H29FN4O. The number of nitrogens with two attached hydrogens (primary N) is 1. The number of carbonyl (C=O) groups excluding carboxylic acids is 1. The molecule has 35 heavy (non-hydrogen) atoms. The van der Waals surface area contributed by atoms with Crippen molar-refractivity contribution < 1.29 is 9.18 Å². The number of nitrogens with zero attached hydrogens (tertiary/aromatic N) is 2. The highest BCUT2D eigenvalue weighted by Crippen LogP contribution is 2.27. The maximum absolute atomic E-state index is 13.6. The molecule has 5 nitrogen and oxygen atoms in total. The molecule has 2 heterocycles. The lowest BCUT2D eigenvalue weighted by Gasteiger charge is -2.31. The van der Waals surface area contributed by atoms with E-state index in [0.29, 0.717) is 43.7 Å². The molecule has 1 saturated heterocycles. The van der Waals surface area contributed by atoms with Crippen molar-refractivity contribution in [3.8, 4) is 11.1 Å². The molecule has 178 valence electrons. The molecule has 0 unspecified atom stereocenters. The number of likely N-dealkylation sites (tertiary alicyclic amines) is 1. The van der Waals surface area contributed by atoms with Gasteiger partial charge in [-0.25, -0.2) is 0 Å². The fraction of sp³-hybridized carbons (Fsp3) is 0.241. The van der Waals surface area contributed by atoms with Crippen molar-refractivity contribution in [3.05, 3.63) is 95.7 Å². The van der Waals surface area contributed by atoms with E-state index < -0.39 is 0 Å². The van der Waals surface area contributed by atoms with Crippen molar-refractivity contribution in [1.29, 1.82) is 5.41 Å².